The quantitative estimate of drug-likeness (QED) is 0.613. The molecule has 3 aromatic rings. The van der Waals surface area contributed by atoms with E-state index in [9.17, 15) is 4.21 Å². The highest BCUT2D eigenvalue weighted by atomic mass is 32.2. The fourth-order valence-corrected chi connectivity index (χ4v) is 5.19. The van der Waals surface area contributed by atoms with Crippen LogP contribution in [0, 0.1) is 6.92 Å². The summed E-state index contributed by atoms with van der Waals surface area (Å²) in [5, 5.41) is 0. The molecule has 126 valence electrons. The summed E-state index contributed by atoms with van der Waals surface area (Å²) in [5.41, 5.74) is 3.50. The Bertz CT molecular complexity index is 845. The van der Waals surface area contributed by atoms with Crippen molar-refractivity contribution in [2.24, 2.45) is 0 Å². The van der Waals surface area contributed by atoms with Gasteiger partial charge in [0, 0.05) is 10.6 Å². The fraction of sp³-hybridized carbons (Fsp3) is 0.182. The molecule has 0 amide bonds. The highest BCUT2D eigenvalue weighted by Gasteiger charge is 2.64. The normalized spacial score (nSPS) is 23.3. The maximum atomic E-state index is 13.5. The number of para-hydroxylation sites is 1. The maximum absolute atomic E-state index is 13.5. The minimum Gasteiger partial charge on any atom is -0.342 e. The zero-order chi connectivity index (χ0) is 17.4. The molecule has 0 saturated carbocycles. The van der Waals surface area contributed by atoms with E-state index in [0.717, 1.165) is 10.6 Å². The van der Waals surface area contributed by atoms with Gasteiger partial charge in [-0.05, 0) is 43.7 Å². The summed E-state index contributed by atoms with van der Waals surface area (Å²) < 4.78 is 13.5. The molecule has 0 N–H and O–H groups in total. The number of nitrogens with zero attached hydrogens (tertiary/aromatic N) is 1. The van der Waals surface area contributed by atoms with Crippen LogP contribution in [0.5, 0.6) is 0 Å². The number of rotatable bonds is 4. The molecule has 1 aliphatic rings. The van der Waals surface area contributed by atoms with Crippen LogP contribution in [0.3, 0.4) is 0 Å². The largest absolute Gasteiger partial charge is 0.342 e. The average Bonchev–Trinajstić information content (AvgIpc) is 3.30. The van der Waals surface area contributed by atoms with E-state index in [-0.39, 0.29) is 6.04 Å². The Morgan fingerprint density at radius 1 is 0.840 bits per heavy atom. The predicted molar refractivity (Wildman–Crippen MR) is 104 cm³/mol. The summed E-state index contributed by atoms with van der Waals surface area (Å²) in [6.07, 6.45) is 0. The van der Waals surface area contributed by atoms with Crippen LogP contribution in [0.2, 0.25) is 0 Å². The molecule has 3 heteroatoms. The molecule has 0 aromatic heterocycles. The second-order valence-electron chi connectivity index (χ2n) is 6.66. The average molecular weight is 347 g/mol. The Balaban J connectivity index is 1.77. The molecular weight excluding hydrogens is 326 g/mol. The summed E-state index contributed by atoms with van der Waals surface area (Å²) in [6.45, 7) is 4.15. The van der Waals surface area contributed by atoms with Crippen molar-refractivity contribution in [3.05, 3.63) is 96.1 Å². The second kappa shape index (κ2) is 6.16. The molecule has 1 heterocycles. The number of aryl methyl sites for hydroxylation is 1. The van der Waals surface area contributed by atoms with Crippen molar-refractivity contribution >= 4 is 16.5 Å². The van der Waals surface area contributed by atoms with E-state index < -0.39 is 15.7 Å². The molecule has 3 atom stereocenters. The number of hydrogen-bond acceptors (Lipinski definition) is 2. The summed E-state index contributed by atoms with van der Waals surface area (Å²) >= 11 is 0. The van der Waals surface area contributed by atoms with Crippen LogP contribution in [0.4, 0.5) is 5.69 Å². The Labute approximate surface area is 151 Å². The van der Waals surface area contributed by atoms with Gasteiger partial charge in [0.2, 0.25) is 0 Å². The molecule has 0 spiro atoms. The minimum atomic E-state index is -1.13. The van der Waals surface area contributed by atoms with Gasteiger partial charge in [-0.15, -0.1) is 0 Å². The minimum absolute atomic E-state index is 0.109. The topological polar surface area (TPSA) is 20.1 Å². The highest BCUT2D eigenvalue weighted by Crippen LogP contribution is 2.58. The monoisotopic (exact) mass is 347 g/mol. The van der Waals surface area contributed by atoms with Crippen molar-refractivity contribution in [3.8, 4) is 0 Å². The van der Waals surface area contributed by atoms with E-state index in [0.29, 0.717) is 0 Å². The lowest BCUT2D eigenvalue weighted by atomic mass is 10.1. The van der Waals surface area contributed by atoms with Gasteiger partial charge in [-0.3, -0.25) is 4.21 Å². The Kier molecular flexibility index (Phi) is 3.97. The molecule has 0 bridgehead atoms. The standard InChI is InChI=1S/C22H21NOS/c1-17-13-15-20(16-14-17)25(24)22(2)21(18-9-5-3-6-10-18)23(22)19-11-7-4-8-12-19/h3-16,21H,1-2H3/t21-,22-,23?,25+/m1/s1. The first kappa shape index (κ1) is 16.1. The SMILES string of the molecule is Cc1ccc([S@](=O)[C@]2(C)[C@@H](c3ccccc3)N2c2ccccc2)cc1. The smallest absolute Gasteiger partial charge is 0.143 e. The zero-order valence-electron chi connectivity index (χ0n) is 14.4. The molecule has 0 radical (unpaired) electrons. The van der Waals surface area contributed by atoms with Crippen LogP contribution in [0.25, 0.3) is 0 Å². The molecule has 4 rings (SSSR count). The van der Waals surface area contributed by atoms with Gasteiger partial charge in [-0.25, -0.2) is 0 Å². The fourth-order valence-electron chi connectivity index (χ4n) is 3.55. The van der Waals surface area contributed by atoms with Crippen molar-refractivity contribution in [2.45, 2.75) is 29.7 Å². The first-order valence-corrected chi connectivity index (χ1v) is 9.65. The highest BCUT2D eigenvalue weighted by molar-refractivity contribution is 7.87. The van der Waals surface area contributed by atoms with Gasteiger partial charge >= 0.3 is 0 Å². The first-order valence-electron chi connectivity index (χ1n) is 8.50. The Morgan fingerprint density at radius 3 is 2.00 bits per heavy atom. The first-order chi connectivity index (χ1) is 12.1. The van der Waals surface area contributed by atoms with Gasteiger partial charge in [0.1, 0.15) is 4.87 Å². The van der Waals surface area contributed by atoms with E-state index in [2.05, 4.69) is 43.0 Å². The maximum Gasteiger partial charge on any atom is 0.143 e. The molecule has 0 aliphatic carbocycles. The van der Waals surface area contributed by atoms with E-state index in [4.69, 9.17) is 0 Å². The molecule has 1 aliphatic heterocycles. The summed E-state index contributed by atoms with van der Waals surface area (Å²) in [7, 11) is -1.13. The van der Waals surface area contributed by atoms with E-state index in [1.54, 1.807) is 0 Å². The van der Waals surface area contributed by atoms with Crippen molar-refractivity contribution in [1.29, 1.82) is 0 Å². The van der Waals surface area contributed by atoms with Crippen molar-refractivity contribution < 1.29 is 4.21 Å². The third kappa shape index (κ3) is 2.69. The van der Waals surface area contributed by atoms with Gasteiger partial charge in [0.15, 0.2) is 0 Å². The van der Waals surface area contributed by atoms with Crippen LogP contribution in [0.15, 0.2) is 89.8 Å². The molecule has 25 heavy (non-hydrogen) atoms. The van der Waals surface area contributed by atoms with E-state index in [1.165, 1.54) is 11.1 Å². The van der Waals surface area contributed by atoms with Gasteiger partial charge in [0.25, 0.3) is 0 Å². The Morgan fingerprint density at radius 2 is 1.40 bits per heavy atom. The predicted octanol–water partition coefficient (Wildman–Crippen LogP) is 5.08. The van der Waals surface area contributed by atoms with Crippen LogP contribution in [-0.4, -0.2) is 9.08 Å². The number of benzene rings is 3. The van der Waals surface area contributed by atoms with Crippen LogP contribution in [0.1, 0.15) is 24.1 Å². The molecule has 3 aromatic carbocycles. The Hall–Kier alpha value is -2.39. The van der Waals surface area contributed by atoms with Crippen LogP contribution < -0.4 is 4.90 Å². The molecule has 1 saturated heterocycles. The van der Waals surface area contributed by atoms with Gasteiger partial charge < -0.3 is 4.90 Å². The molecule has 0 unspecified atom stereocenters. The third-order valence-electron chi connectivity index (χ3n) is 4.94. The number of hydrogen-bond donors (Lipinski definition) is 0. The lowest BCUT2D eigenvalue weighted by Gasteiger charge is -2.13. The second-order valence-corrected chi connectivity index (χ2v) is 8.49. The van der Waals surface area contributed by atoms with Crippen molar-refractivity contribution in [2.75, 3.05) is 4.90 Å². The van der Waals surface area contributed by atoms with Crippen LogP contribution >= 0.6 is 0 Å². The van der Waals surface area contributed by atoms with E-state index >= 15 is 0 Å². The third-order valence-corrected chi connectivity index (χ3v) is 6.81. The summed E-state index contributed by atoms with van der Waals surface area (Å²) in [4.78, 5) is 2.71. The molecule has 1 fully saturated rings. The van der Waals surface area contributed by atoms with Gasteiger partial charge in [0.05, 0.1) is 16.8 Å². The van der Waals surface area contributed by atoms with E-state index in [1.807, 2.05) is 60.7 Å². The van der Waals surface area contributed by atoms with Crippen molar-refractivity contribution in [1.82, 2.24) is 0 Å². The summed E-state index contributed by atoms with van der Waals surface area (Å²) in [6, 6.07) is 28.8. The summed E-state index contributed by atoms with van der Waals surface area (Å²) in [5.74, 6) is 0. The lowest BCUT2D eigenvalue weighted by Crippen LogP contribution is -2.21. The molecular formula is C22H21NOS. The van der Waals surface area contributed by atoms with Gasteiger partial charge in [-0.1, -0.05) is 66.2 Å². The van der Waals surface area contributed by atoms with Crippen LogP contribution in [-0.2, 0) is 10.8 Å². The lowest BCUT2D eigenvalue weighted by molar-refractivity contribution is 0.670. The van der Waals surface area contributed by atoms with Crippen molar-refractivity contribution in [3.63, 3.8) is 0 Å². The number of anilines is 1. The zero-order valence-corrected chi connectivity index (χ0v) is 15.2. The molecule has 2 nitrogen and oxygen atoms in total. The van der Waals surface area contributed by atoms with Gasteiger partial charge in [-0.2, -0.15) is 0 Å².